The van der Waals surface area contributed by atoms with Crippen LogP contribution in [0.15, 0.2) is 30.3 Å². The Morgan fingerprint density at radius 3 is 2.67 bits per heavy atom. The topological polar surface area (TPSA) is 58.3 Å². The molecule has 3 heteroatoms. The van der Waals surface area contributed by atoms with Crippen molar-refractivity contribution in [3.63, 3.8) is 0 Å². The first-order valence-electron chi connectivity index (χ1n) is 5.44. The van der Waals surface area contributed by atoms with Crippen molar-refractivity contribution < 1.29 is 5.11 Å². The summed E-state index contributed by atoms with van der Waals surface area (Å²) in [6.07, 6.45) is 2.18. The van der Waals surface area contributed by atoms with Crippen molar-refractivity contribution in [3.8, 4) is 0 Å². The molecule has 0 saturated carbocycles. The Kier molecular flexibility index (Phi) is 6.00. The lowest BCUT2D eigenvalue weighted by Gasteiger charge is -2.09. The molecule has 0 aromatic heterocycles. The Balaban J connectivity index is 2.03. The molecule has 0 aliphatic carbocycles. The van der Waals surface area contributed by atoms with E-state index in [0.717, 1.165) is 19.4 Å². The minimum Gasteiger partial charge on any atom is -0.395 e. The zero-order valence-corrected chi connectivity index (χ0v) is 9.02. The van der Waals surface area contributed by atoms with E-state index < -0.39 is 0 Å². The summed E-state index contributed by atoms with van der Waals surface area (Å²) < 4.78 is 0. The normalized spacial score (nSPS) is 12.7. The molecule has 3 nitrogen and oxygen atoms in total. The first-order chi connectivity index (χ1) is 7.33. The summed E-state index contributed by atoms with van der Waals surface area (Å²) >= 11 is 0. The summed E-state index contributed by atoms with van der Waals surface area (Å²) in [6, 6.07) is 10.3. The molecule has 1 atom stereocenters. The van der Waals surface area contributed by atoms with Gasteiger partial charge in [-0.15, -0.1) is 0 Å². The summed E-state index contributed by atoms with van der Waals surface area (Å²) in [7, 11) is 0. The predicted molar refractivity (Wildman–Crippen MR) is 62.7 cm³/mol. The average Bonchev–Trinajstić information content (AvgIpc) is 2.29. The Hall–Kier alpha value is -0.900. The molecule has 0 fully saturated rings. The quantitative estimate of drug-likeness (QED) is 0.573. The van der Waals surface area contributed by atoms with Gasteiger partial charge in [0.2, 0.25) is 0 Å². The van der Waals surface area contributed by atoms with Crippen LogP contribution in [0, 0.1) is 0 Å². The summed E-state index contributed by atoms with van der Waals surface area (Å²) in [5.74, 6) is 0. The van der Waals surface area contributed by atoms with Crippen molar-refractivity contribution in [2.75, 3.05) is 19.7 Å². The number of aryl methyl sites for hydroxylation is 1. The van der Waals surface area contributed by atoms with Crippen molar-refractivity contribution in [3.05, 3.63) is 35.9 Å². The Bertz CT molecular complexity index is 251. The van der Waals surface area contributed by atoms with Gasteiger partial charge in [-0.2, -0.15) is 0 Å². The fraction of sp³-hybridized carbons (Fsp3) is 0.500. The second-order valence-electron chi connectivity index (χ2n) is 3.74. The molecule has 0 aliphatic heterocycles. The first-order valence-corrected chi connectivity index (χ1v) is 5.44. The van der Waals surface area contributed by atoms with Crippen LogP contribution in [-0.2, 0) is 6.42 Å². The number of aliphatic hydroxyl groups excluding tert-OH is 1. The molecule has 1 aromatic carbocycles. The average molecular weight is 208 g/mol. The molecule has 0 amide bonds. The van der Waals surface area contributed by atoms with Gasteiger partial charge in [0.1, 0.15) is 0 Å². The van der Waals surface area contributed by atoms with Gasteiger partial charge in [0, 0.05) is 12.6 Å². The van der Waals surface area contributed by atoms with E-state index in [1.54, 1.807) is 0 Å². The van der Waals surface area contributed by atoms with Crippen LogP contribution in [0.1, 0.15) is 12.0 Å². The smallest absolute Gasteiger partial charge is 0.0594 e. The monoisotopic (exact) mass is 208 g/mol. The van der Waals surface area contributed by atoms with Gasteiger partial charge < -0.3 is 16.2 Å². The molecule has 0 unspecified atom stereocenters. The Labute approximate surface area is 91.3 Å². The van der Waals surface area contributed by atoms with E-state index >= 15 is 0 Å². The van der Waals surface area contributed by atoms with Crippen LogP contribution < -0.4 is 11.1 Å². The van der Waals surface area contributed by atoms with E-state index in [1.807, 2.05) is 6.07 Å². The van der Waals surface area contributed by atoms with E-state index in [9.17, 15) is 0 Å². The largest absolute Gasteiger partial charge is 0.395 e. The summed E-state index contributed by atoms with van der Waals surface area (Å²) in [4.78, 5) is 0. The highest BCUT2D eigenvalue weighted by Crippen LogP contribution is 2.01. The van der Waals surface area contributed by atoms with Crippen LogP contribution in [0.2, 0.25) is 0 Å². The zero-order chi connectivity index (χ0) is 10.9. The summed E-state index contributed by atoms with van der Waals surface area (Å²) in [5, 5.41) is 11.9. The molecule has 0 radical (unpaired) electrons. The molecule has 0 spiro atoms. The van der Waals surface area contributed by atoms with Crippen molar-refractivity contribution in [1.29, 1.82) is 0 Å². The van der Waals surface area contributed by atoms with Crippen LogP contribution >= 0.6 is 0 Å². The molecule has 0 aliphatic rings. The highest BCUT2D eigenvalue weighted by atomic mass is 16.3. The maximum absolute atomic E-state index is 8.70. The lowest BCUT2D eigenvalue weighted by molar-refractivity contribution is 0.262. The minimum atomic E-state index is -0.137. The van der Waals surface area contributed by atoms with Crippen molar-refractivity contribution in [2.24, 2.45) is 5.73 Å². The Morgan fingerprint density at radius 2 is 2.00 bits per heavy atom. The van der Waals surface area contributed by atoms with E-state index in [2.05, 4.69) is 29.6 Å². The second kappa shape index (κ2) is 7.40. The third-order valence-electron chi connectivity index (χ3n) is 2.30. The molecule has 84 valence electrons. The van der Waals surface area contributed by atoms with Gasteiger partial charge in [-0.25, -0.2) is 0 Å². The molecular weight excluding hydrogens is 188 g/mol. The van der Waals surface area contributed by atoms with Crippen molar-refractivity contribution >= 4 is 0 Å². The van der Waals surface area contributed by atoms with Crippen LogP contribution in [0.25, 0.3) is 0 Å². The maximum Gasteiger partial charge on any atom is 0.0594 e. The van der Waals surface area contributed by atoms with Gasteiger partial charge in [0.15, 0.2) is 0 Å². The van der Waals surface area contributed by atoms with Crippen LogP contribution in [0.5, 0.6) is 0 Å². The van der Waals surface area contributed by atoms with Gasteiger partial charge in [0.25, 0.3) is 0 Å². The van der Waals surface area contributed by atoms with Crippen LogP contribution in [-0.4, -0.2) is 30.8 Å². The molecule has 15 heavy (non-hydrogen) atoms. The lowest BCUT2D eigenvalue weighted by atomic mass is 10.1. The van der Waals surface area contributed by atoms with Gasteiger partial charge in [-0.1, -0.05) is 30.3 Å². The molecule has 0 saturated heterocycles. The first kappa shape index (κ1) is 12.2. The third-order valence-corrected chi connectivity index (χ3v) is 2.30. The molecule has 1 aromatic rings. The fourth-order valence-electron chi connectivity index (χ4n) is 1.41. The highest BCUT2D eigenvalue weighted by Gasteiger charge is 1.98. The summed E-state index contributed by atoms with van der Waals surface area (Å²) in [6.45, 7) is 1.68. The van der Waals surface area contributed by atoms with Crippen LogP contribution in [0.3, 0.4) is 0 Å². The minimum absolute atomic E-state index is 0.0473. The van der Waals surface area contributed by atoms with Crippen molar-refractivity contribution in [2.45, 2.75) is 18.9 Å². The standard InChI is InChI=1S/C12H20N2O/c13-12(10-15)9-14-8-4-7-11-5-2-1-3-6-11/h1-3,5-6,12,14-15H,4,7-10,13H2/t12-/m0/s1. The van der Waals surface area contributed by atoms with Gasteiger partial charge in [0.05, 0.1) is 6.61 Å². The number of benzene rings is 1. The van der Waals surface area contributed by atoms with Gasteiger partial charge >= 0.3 is 0 Å². The van der Waals surface area contributed by atoms with Gasteiger partial charge in [-0.05, 0) is 24.9 Å². The lowest BCUT2D eigenvalue weighted by Crippen LogP contribution is -2.37. The maximum atomic E-state index is 8.70. The number of nitrogens with two attached hydrogens (primary N) is 1. The van der Waals surface area contributed by atoms with Crippen LogP contribution in [0.4, 0.5) is 0 Å². The van der Waals surface area contributed by atoms with E-state index in [-0.39, 0.29) is 12.6 Å². The number of hydrogen-bond acceptors (Lipinski definition) is 3. The fourth-order valence-corrected chi connectivity index (χ4v) is 1.41. The molecule has 1 rings (SSSR count). The predicted octanol–water partition coefficient (Wildman–Crippen LogP) is 0.528. The number of hydrogen-bond donors (Lipinski definition) is 3. The molecule has 0 bridgehead atoms. The van der Waals surface area contributed by atoms with E-state index in [1.165, 1.54) is 5.56 Å². The zero-order valence-electron chi connectivity index (χ0n) is 9.02. The second-order valence-corrected chi connectivity index (χ2v) is 3.74. The Morgan fingerprint density at radius 1 is 1.27 bits per heavy atom. The van der Waals surface area contributed by atoms with Gasteiger partial charge in [-0.3, -0.25) is 0 Å². The number of rotatable bonds is 7. The third kappa shape index (κ3) is 5.52. The molecule has 0 heterocycles. The number of aliphatic hydroxyl groups is 1. The summed E-state index contributed by atoms with van der Waals surface area (Å²) in [5.41, 5.74) is 6.92. The highest BCUT2D eigenvalue weighted by molar-refractivity contribution is 5.14. The molecular formula is C12H20N2O. The van der Waals surface area contributed by atoms with E-state index in [4.69, 9.17) is 10.8 Å². The van der Waals surface area contributed by atoms with E-state index in [0.29, 0.717) is 6.54 Å². The van der Waals surface area contributed by atoms with Crippen molar-refractivity contribution in [1.82, 2.24) is 5.32 Å². The SMILES string of the molecule is N[C@H](CO)CNCCCc1ccccc1. The number of nitrogens with one attached hydrogen (secondary N) is 1. The molecule has 4 N–H and O–H groups in total.